The van der Waals surface area contributed by atoms with E-state index in [0.717, 1.165) is 31.5 Å². The minimum atomic E-state index is -1.17. The molecule has 0 aromatic heterocycles. The Morgan fingerprint density at radius 2 is 1.77 bits per heavy atom. The molecule has 0 aromatic rings. The molecule has 3 N–H and O–H groups in total. The average Bonchev–Trinajstić information content (AvgIpc) is 2.97. The van der Waals surface area contributed by atoms with Gasteiger partial charge in [-0.15, -0.1) is 0 Å². The van der Waals surface area contributed by atoms with E-state index >= 15 is 0 Å². The van der Waals surface area contributed by atoms with E-state index in [4.69, 9.17) is 18.9 Å². The molecule has 2 saturated heterocycles. The lowest BCUT2D eigenvalue weighted by molar-refractivity contribution is -0.149. The first-order valence-corrected chi connectivity index (χ1v) is 17.0. The summed E-state index contributed by atoms with van der Waals surface area (Å²) in [6, 6.07) is -1.16. The second-order valence-electron chi connectivity index (χ2n) is 14.1. The Morgan fingerprint density at radius 1 is 1.11 bits per heavy atom. The van der Waals surface area contributed by atoms with E-state index in [-0.39, 0.29) is 49.6 Å². The maximum absolute atomic E-state index is 12.8. The van der Waals surface area contributed by atoms with Crippen molar-refractivity contribution in [2.75, 3.05) is 46.9 Å². The molecule has 0 aromatic carbocycles. The largest absolute Gasteiger partial charge is 0.480 e. The highest BCUT2D eigenvalue weighted by Crippen LogP contribution is 2.31. The number of methoxy groups -OCH3 is 1. The molecule has 2 fully saturated rings. The third-order valence-electron chi connectivity index (χ3n) is 9.02. The summed E-state index contributed by atoms with van der Waals surface area (Å²) >= 11 is 0. The van der Waals surface area contributed by atoms with Crippen LogP contribution < -0.4 is 5.32 Å². The highest BCUT2D eigenvalue weighted by atomic mass is 16.6. The number of hydrogen-bond acceptors (Lipinski definition) is 9. The van der Waals surface area contributed by atoms with Crippen LogP contribution in [0.5, 0.6) is 0 Å². The number of aliphatic carboxylic acids is 1. The quantitative estimate of drug-likeness (QED) is 0.195. The first kappa shape index (κ1) is 40.7. The number of carboxylic acid groups (broad SMARTS) is 1. The Bertz CT molecular complexity index is 1050. The van der Waals surface area contributed by atoms with Crippen molar-refractivity contribution in [3.8, 4) is 0 Å². The average molecular weight is 668 g/mol. The molecule has 12 nitrogen and oxygen atoms in total. The second kappa shape index (κ2) is 19.5. The number of carbonyl (C=O) groups is 3. The van der Waals surface area contributed by atoms with Gasteiger partial charge in [0.25, 0.3) is 0 Å². The first-order valence-electron chi connectivity index (χ1n) is 17.0. The number of ether oxygens (including phenoxy) is 4. The van der Waals surface area contributed by atoms with E-state index in [2.05, 4.69) is 36.2 Å². The smallest absolute Gasteiger partial charge is 0.409 e. The number of aliphatic hydroxyl groups is 1. The maximum Gasteiger partial charge on any atom is 0.409 e. The molecule has 0 radical (unpaired) electrons. The van der Waals surface area contributed by atoms with E-state index in [1.165, 1.54) is 0 Å². The van der Waals surface area contributed by atoms with Gasteiger partial charge in [-0.25, -0.2) is 9.59 Å². The summed E-state index contributed by atoms with van der Waals surface area (Å²) in [6.45, 7) is 16.5. The lowest BCUT2D eigenvalue weighted by Crippen LogP contribution is -2.48. The molecular weight excluding hydrogens is 606 g/mol. The van der Waals surface area contributed by atoms with Crippen molar-refractivity contribution in [1.82, 2.24) is 15.1 Å². The number of amides is 2. The molecule has 0 bridgehead atoms. The molecule has 0 saturated carbocycles. The summed E-state index contributed by atoms with van der Waals surface area (Å²) in [6.07, 6.45) is 6.38. The molecule has 0 aliphatic carbocycles. The van der Waals surface area contributed by atoms with E-state index in [9.17, 15) is 24.6 Å². The molecule has 270 valence electrons. The van der Waals surface area contributed by atoms with E-state index in [1.54, 1.807) is 18.9 Å². The van der Waals surface area contributed by atoms with Gasteiger partial charge in [-0.05, 0) is 78.3 Å². The molecule has 0 spiro atoms. The van der Waals surface area contributed by atoms with Crippen molar-refractivity contribution < 1.29 is 43.5 Å². The maximum atomic E-state index is 12.8. The van der Waals surface area contributed by atoms with Crippen LogP contribution in [-0.4, -0.2) is 127 Å². The van der Waals surface area contributed by atoms with Gasteiger partial charge in [-0.1, -0.05) is 32.1 Å². The number of rotatable bonds is 17. The second-order valence-corrected chi connectivity index (χ2v) is 14.1. The normalized spacial score (nSPS) is 24.8. The number of carboxylic acids is 1. The number of nitrogens with zero attached hydrogens (tertiary/aromatic N) is 2. The first-order chi connectivity index (χ1) is 22.0. The van der Waals surface area contributed by atoms with Crippen LogP contribution in [0.2, 0.25) is 0 Å². The Kier molecular flexibility index (Phi) is 16.9. The number of carbonyl (C=O) groups excluding carboxylic acids is 2. The van der Waals surface area contributed by atoms with Crippen molar-refractivity contribution in [3.63, 3.8) is 0 Å². The lowest BCUT2D eigenvalue weighted by atomic mass is 9.88. The van der Waals surface area contributed by atoms with Gasteiger partial charge in [-0.3, -0.25) is 4.79 Å². The van der Waals surface area contributed by atoms with Crippen molar-refractivity contribution in [2.24, 2.45) is 11.8 Å². The Labute approximate surface area is 281 Å². The zero-order valence-electron chi connectivity index (χ0n) is 30.1. The Balaban J connectivity index is 1.85. The van der Waals surface area contributed by atoms with Crippen LogP contribution in [-0.2, 0) is 28.5 Å². The van der Waals surface area contributed by atoms with Crippen molar-refractivity contribution in [1.29, 1.82) is 0 Å². The number of piperazine rings is 1. The van der Waals surface area contributed by atoms with Gasteiger partial charge in [0.15, 0.2) is 0 Å². The summed E-state index contributed by atoms with van der Waals surface area (Å²) in [5, 5.41) is 22.2. The summed E-state index contributed by atoms with van der Waals surface area (Å²) in [7, 11) is 3.56. The van der Waals surface area contributed by atoms with Crippen LogP contribution in [0, 0.1) is 11.8 Å². The molecular formula is C35H61N3O9. The van der Waals surface area contributed by atoms with Gasteiger partial charge < -0.3 is 44.3 Å². The van der Waals surface area contributed by atoms with Gasteiger partial charge in [0.2, 0.25) is 5.91 Å². The third kappa shape index (κ3) is 14.2. The van der Waals surface area contributed by atoms with Crippen LogP contribution in [0.3, 0.4) is 0 Å². The van der Waals surface area contributed by atoms with Gasteiger partial charge in [0, 0.05) is 39.7 Å². The van der Waals surface area contributed by atoms with Crippen LogP contribution in [0.4, 0.5) is 4.79 Å². The summed E-state index contributed by atoms with van der Waals surface area (Å²) in [5.74, 6) is -1.07. The van der Waals surface area contributed by atoms with E-state index < -0.39 is 41.8 Å². The van der Waals surface area contributed by atoms with Crippen LogP contribution in [0.15, 0.2) is 23.8 Å². The van der Waals surface area contributed by atoms with Gasteiger partial charge in [-0.2, -0.15) is 0 Å². The van der Waals surface area contributed by atoms with Gasteiger partial charge >= 0.3 is 12.1 Å². The highest BCUT2D eigenvalue weighted by molar-refractivity contribution is 5.83. The molecule has 0 unspecified atom stereocenters. The zero-order valence-corrected chi connectivity index (χ0v) is 30.1. The van der Waals surface area contributed by atoms with E-state index in [1.807, 2.05) is 40.8 Å². The fraction of sp³-hybridized carbons (Fsp3) is 0.800. The fourth-order valence-electron chi connectivity index (χ4n) is 6.51. The minimum absolute atomic E-state index is 0.0176. The number of likely N-dealkylation sites (N-methyl/N-ethyl adjacent to an activating group) is 1. The molecule has 2 amide bonds. The van der Waals surface area contributed by atoms with Crippen LogP contribution >= 0.6 is 0 Å². The number of allylic oxidation sites excluding steroid dienone is 3. The third-order valence-corrected chi connectivity index (χ3v) is 9.02. The van der Waals surface area contributed by atoms with Crippen molar-refractivity contribution in [2.45, 2.75) is 123 Å². The standard InChI is InChI=1S/C35H61N3O9/c1-23(22-35(6,7)47-27(5)32(44-9)26(4)39)11-10-12-24(2)31-25(3)13-14-28(46-31)21-30(40)36-29(33(41)42)15-20-45-34(43)38-18-16-37(8)17-19-38/h10-12,23,25-29,31-32,39H,13-22H2,1-9H3,(H,36,40)(H,41,42)/b11-10+,24-12+/t23-,25+,26-,27-,28-,29+,31-,32+/m1/s1. The van der Waals surface area contributed by atoms with E-state index in [0.29, 0.717) is 19.5 Å². The number of nitrogens with one attached hydrogen (secondary N) is 1. The SMILES string of the molecule is CO[C@@H]([C@@H](C)O)[C@@H](C)OC(C)(C)C[C@H](C)/C=C/C=C(\C)[C@H]1O[C@@H](CC(=O)N[C@@H](CCOC(=O)N2CCN(C)CC2)C(=O)O)CC[C@@H]1C. The molecule has 8 atom stereocenters. The molecule has 12 heteroatoms. The molecule has 2 heterocycles. The summed E-state index contributed by atoms with van der Waals surface area (Å²) < 4.78 is 23.3. The zero-order chi connectivity index (χ0) is 35.3. The Morgan fingerprint density at radius 3 is 2.36 bits per heavy atom. The summed E-state index contributed by atoms with van der Waals surface area (Å²) in [4.78, 5) is 40.7. The number of hydrogen-bond donors (Lipinski definition) is 3. The molecule has 47 heavy (non-hydrogen) atoms. The van der Waals surface area contributed by atoms with Gasteiger partial charge in [0.1, 0.15) is 12.1 Å². The van der Waals surface area contributed by atoms with Crippen LogP contribution in [0.25, 0.3) is 0 Å². The lowest BCUT2D eigenvalue weighted by Gasteiger charge is -2.35. The monoisotopic (exact) mass is 667 g/mol. The minimum Gasteiger partial charge on any atom is -0.480 e. The summed E-state index contributed by atoms with van der Waals surface area (Å²) in [5.41, 5.74) is 0.637. The fourth-order valence-corrected chi connectivity index (χ4v) is 6.51. The predicted molar refractivity (Wildman–Crippen MR) is 180 cm³/mol. The van der Waals surface area contributed by atoms with Crippen molar-refractivity contribution in [3.05, 3.63) is 23.8 Å². The predicted octanol–water partition coefficient (Wildman–Crippen LogP) is 4.01. The topological polar surface area (TPSA) is 147 Å². The molecule has 2 aliphatic heterocycles. The number of aliphatic hydroxyl groups excluding tert-OH is 1. The van der Waals surface area contributed by atoms with Crippen LogP contribution in [0.1, 0.15) is 80.6 Å². The van der Waals surface area contributed by atoms with Crippen molar-refractivity contribution >= 4 is 18.0 Å². The Hall–Kier alpha value is -2.51. The molecule has 2 rings (SSSR count). The van der Waals surface area contributed by atoms with Gasteiger partial charge in [0.05, 0.1) is 43.0 Å². The highest BCUT2D eigenvalue weighted by Gasteiger charge is 2.32. The molecule has 2 aliphatic rings.